The van der Waals surface area contributed by atoms with Crippen molar-refractivity contribution in [2.24, 2.45) is 5.10 Å². The molecule has 1 unspecified atom stereocenters. The molecule has 0 saturated carbocycles. The highest BCUT2D eigenvalue weighted by Gasteiger charge is 2.35. The highest BCUT2D eigenvalue weighted by atomic mass is 35.5. The number of carbonyl (C=O) groups excluding carboxylic acids is 2. The largest absolute Gasteiger partial charge is 0.318 e. The number of nitrogens with one attached hydrogen (secondary N) is 1. The lowest BCUT2D eigenvalue weighted by Gasteiger charge is -2.17. The molecule has 1 fully saturated rings. The summed E-state index contributed by atoms with van der Waals surface area (Å²) in [6.07, 6.45) is 5.17. The first-order valence-corrected chi connectivity index (χ1v) is 11.2. The van der Waals surface area contributed by atoms with Crippen molar-refractivity contribution in [3.05, 3.63) is 89.5 Å². The van der Waals surface area contributed by atoms with Crippen molar-refractivity contribution < 1.29 is 9.59 Å². The number of hydrogen-bond acceptors (Lipinski definition) is 5. The Balaban J connectivity index is 1.38. The van der Waals surface area contributed by atoms with E-state index in [0.29, 0.717) is 23.8 Å². The Labute approximate surface area is 200 Å². The minimum Gasteiger partial charge on any atom is -0.318 e. The van der Waals surface area contributed by atoms with Crippen molar-refractivity contribution in [3.63, 3.8) is 0 Å². The predicted octanol–water partition coefficient (Wildman–Crippen LogP) is 3.76. The van der Waals surface area contributed by atoms with Gasteiger partial charge in [0, 0.05) is 47.6 Å². The molecule has 2 amide bonds. The Kier molecular flexibility index (Phi) is 6.05. The average Bonchev–Trinajstić information content (AvgIpc) is 3.41. The lowest BCUT2D eigenvalue weighted by atomic mass is 10.1. The first-order chi connectivity index (χ1) is 16.6. The number of hydrogen-bond donors (Lipinski definition) is 1. The zero-order chi connectivity index (χ0) is 23.5. The van der Waals surface area contributed by atoms with E-state index in [4.69, 9.17) is 16.6 Å². The molecule has 34 heavy (non-hydrogen) atoms. The summed E-state index contributed by atoms with van der Waals surface area (Å²) in [4.78, 5) is 36.1. The maximum absolute atomic E-state index is 12.8. The molecule has 1 aliphatic rings. The van der Waals surface area contributed by atoms with Crippen molar-refractivity contribution in [3.8, 4) is 0 Å². The van der Waals surface area contributed by atoms with Crippen LogP contribution in [0.25, 0.3) is 11.0 Å². The van der Waals surface area contributed by atoms with Crippen LogP contribution in [0.3, 0.4) is 0 Å². The van der Waals surface area contributed by atoms with Gasteiger partial charge in [-0.25, -0.2) is 10.4 Å². The summed E-state index contributed by atoms with van der Waals surface area (Å²) < 4.78 is 1.87. The van der Waals surface area contributed by atoms with Crippen LogP contribution in [0.2, 0.25) is 5.02 Å². The second kappa shape index (κ2) is 9.44. The fourth-order valence-corrected chi connectivity index (χ4v) is 4.26. The van der Waals surface area contributed by atoms with Crippen LogP contribution in [0.5, 0.6) is 0 Å². The number of nitrogens with zero attached hydrogens (tertiary/aromatic N) is 5. The van der Waals surface area contributed by atoms with E-state index in [-0.39, 0.29) is 24.3 Å². The van der Waals surface area contributed by atoms with Gasteiger partial charge in [-0.05, 0) is 42.5 Å². The van der Waals surface area contributed by atoms with Gasteiger partial charge in [0.1, 0.15) is 12.4 Å². The molecule has 9 heteroatoms. The quantitative estimate of drug-likeness (QED) is 0.341. The van der Waals surface area contributed by atoms with E-state index >= 15 is 0 Å². The lowest BCUT2D eigenvalue weighted by Crippen LogP contribution is -2.26. The molecule has 1 saturated heterocycles. The van der Waals surface area contributed by atoms with Gasteiger partial charge in [-0.3, -0.25) is 14.6 Å². The van der Waals surface area contributed by atoms with Crippen molar-refractivity contribution in [1.29, 1.82) is 0 Å². The zero-order valence-corrected chi connectivity index (χ0v) is 18.9. The fraction of sp³-hybridized carbons (Fsp3) is 0.160. The third kappa shape index (κ3) is 4.53. The molecular weight excluding hydrogens is 452 g/mol. The average molecular weight is 473 g/mol. The van der Waals surface area contributed by atoms with E-state index in [1.165, 1.54) is 6.21 Å². The second-order valence-electron chi connectivity index (χ2n) is 8.01. The number of halogens is 1. The molecule has 170 valence electrons. The molecule has 5 rings (SSSR count). The lowest BCUT2D eigenvalue weighted by molar-refractivity contribution is -0.121. The Morgan fingerprint density at radius 3 is 2.76 bits per heavy atom. The maximum Gasteiger partial charge on any atom is 0.260 e. The monoisotopic (exact) mass is 472 g/mol. The van der Waals surface area contributed by atoms with Gasteiger partial charge >= 0.3 is 0 Å². The Hall–Kier alpha value is -4.04. The first kappa shape index (κ1) is 21.8. The topological polar surface area (TPSA) is 92.5 Å². The SMILES string of the molecule is O=C(Cn1c(C2CC(=O)N(c3ccc(Cl)cc3)C2)nc2ccccc21)NN=Cc1cccnc1. The van der Waals surface area contributed by atoms with Crippen LogP contribution in [0.1, 0.15) is 23.7 Å². The molecule has 4 aromatic rings. The third-order valence-corrected chi connectivity index (χ3v) is 5.95. The third-order valence-electron chi connectivity index (χ3n) is 5.70. The van der Waals surface area contributed by atoms with E-state index in [2.05, 4.69) is 15.5 Å². The van der Waals surface area contributed by atoms with E-state index in [1.54, 1.807) is 35.5 Å². The number of carbonyl (C=O) groups is 2. The Morgan fingerprint density at radius 2 is 1.97 bits per heavy atom. The van der Waals surface area contributed by atoms with Gasteiger partial charge in [-0.15, -0.1) is 0 Å². The van der Waals surface area contributed by atoms with E-state index in [1.807, 2.05) is 47.0 Å². The Bertz CT molecular complexity index is 1370. The molecule has 0 spiro atoms. The molecule has 8 nitrogen and oxygen atoms in total. The summed E-state index contributed by atoms with van der Waals surface area (Å²) >= 11 is 6.00. The summed E-state index contributed by atoms with van der Waals surface area (Å²) in [7, 11) is 0. The number of rotatable bonds is 6. The summed E-state index contributed by atoms with van der Waals surface area (Å²) in [6.45, 7) is 0.510. The second-order valence-corrected chi connectivity index (χ2v) is 8.44. The zero-order valence-electron chi connectivity index (χ0n) is 18.1. The van der Waals surface area contributed by atoms with Crippen LogP contribution in [0.15, 0.2) is 78.2 Å². The summed E-state index contributed by atoms with van der Waals surface area (Å²) in [6, 6.07) is 18.5. The highest BCUT2D eigenvalue weighted by molar-refractivity contribution is 6.30. The van der Waals surface area contributed by atoms with Gasteiger partial charge in [0.25, 0.3) is 5.91 Å². The van der Waals surface area contributed by atoms with E-state index < -0.39 is 0 Å². The van der Waals surface area contributed by atoms with Crippen molar-refractivity contribution >= 4 is 46.4 Å². The predicted molar refractivity (Wildman–Crippen MR) is 131 cm³/mol. The van der Waals surface area contributed by atoms with Gasteiger partial charge in [0.2, 0.25) is 5.91 Å². The molecule has 0 aliphatic carbocycles. The summed E-state index contributed by atoms with van der Waals surface area (Å²) in [5.74, 6) is 0.277. The van der Waals surface area contributed by atoms with Crippen LogP contribution < -0.4 is 10.3 Å². The van der Waals surface area contributed by atoms with Crippen molar-refractivity contribution in [1.82, 2.24) is 20.0 Å². The molecule has 3 heterocycles. The number of fused-ring (bicyclic) bond motifs is 1. The minimum absolute atomic E-state index is 0.0106. The maximum atomic E-state index is 12.8. The normalized spacial score (nSPS) is 16.0. The molecule has 0 radical (unpaired) electrons. The Morgan fingerprint density at radius 1 is 1.15 bits per heavy atom. The van der Waals surface area contributed by atoms with E-state index in [9.17, 15) is 9.59 Å². The smallest absolute Gasteiger partial charge is 0.260 e. The molecule has 2 aromatic heterocycles. The standard InChI is InChI=1S/C25H21ClN6O2/c26-19-7-9-20(10-8-19)31-15-18(12-24(31)34)25-29-21-5-1-2-6-22(21)32(25)16-23(33)30-28-14-17-4-3-11-27-13-17/h1-11,13-14,18H,12,15-16H2,(H,30,33). The highest BCUT2D eigenvalue weighted by Crippen LogP contribution is 2.33. The number of hydrazone groups is 1. The summed E-state index contributed by atoms with van der Waals surface area (Å²) in [5.41, 5.74) is 5.75. The van der Waals surface area contributed by atoms with Gasteiger partial charge in [0.05, 0.1) is 17.2 Å². The number of imidazole rings is 1. The number of aromatic nitrogens is 3. The molecule has 1 atom stereocenters. The molecule has 1 N–H and O–H groups in total. The van der Waals surface area contributed by atoms with Gasteiger partial charge in [0.15, 0.2) is 0 Å². The number of anilines is 1. The minimum atomic E-state index is -0.288. The molecular formula is C25H21ClN6O2. The van der Waals surface area contributed by atoms with Gasteiger partial charge < -0.3 is 9.47 Å². The van der Waals surface area contributed by atoms with Crippen molar-refractivity contribution in [2.75, 3.05) is 11.4 Å². The van der Waals surface area contributed by atoms with Crippen LogP contribution in [0.4, 0.5) is 5.69 Å². The number of amides is 2. The molecule has 2 aromatic carbocycles. The van der Waals surface area contributed by atoms with Gasteiger partial charge in [-0.2, -0.15) is 5.10 Å². The molecule has 1 aliphatic heterocycles. The summed E-state index contributed by atoms with van der Waals surface area (Å²) in [5, 5.41) is 4.65. The number of para-hydroxylation sites is 2. The van der Waals surface area contributed by atoms with Crippen molar-refractivity contribution in [2.45, 2.75) is 18.9 Å². The number of pyridine rings is 1. The van der Waals surface area contributed by atoms with Crippen LogP contribution in [-0.2, 0) is 16.1 Å². The van der Waals surface area contributed by atoms with Gasteiger partial charge in [-0.1, -0.05) is 29.8 Å². The van der Waals surface area contributed by atoms with Crippen LogP contribution in [-0.4, -0.2) is 39.1 Å². The first-order valence-electron chi connectivity index (χ1n) is 10.8. The molecule has 0 bridgehead atoms. The number of benzene rings is 2. The van der Waals surface area contributed by atoms with Crippen LogP contribution >= 0.6 is 11.6 Å². The fourth-order valence-electron chi connectivity index (χ4n) is 4.13. The van der Waals surface area contributed by atoms with E-state index in [0.717, 1.165) is 22.3 Å². The van der Waals surface area contributed by atoms with Crippen LogP contribution in [0, 0.1) is 0 Å².